The van der Waals surface area contributed by atoms with Crippen LogP contribution in [0.25, 0.3) is 0 Å². The van der Waals surface area contributed by atoms with Crippen molar-refractivity contribution in [2.24, 2.45) is 5.92 Å². The van der Waals surface area contributed by atoms with Crippen LogP contribution in [0.3, 0.4) is 0 Å². The summed E-state index contributed by atoms with van der Waals surface area (Å²) in [6.45, 7) is 9.10. The van der Waals surface area contributed by atoms with E-state index in [-0.39, 0.29) is 18.6 Å². The second kappa shape index (κ2) is 8.18. The predicted molar refractivity (Wildman–Crippen MR) is 98.0 cm³/mol. The van der Waals surface area contributed by atoms with Crippen molar-refractivity contribution < 1.29 is 13.2 Å². The average molecular weight is 372 g/mol. The number of nitrogens with zero attached hydrogens (tertiary/aromatic N) is 3. The molecule has 8 nitrogen and oxygen atoms in total. The van der Waals surface area contributed by atoms with E-state index in [0.717, 1.165) is 6.42 Å². The van der Waals surface area contributed by atoms with Gasteiger partial charge in [-0.05, 0) is 25.7 Å². The van der Waals surface area contributed by atoms with Gasteiger partial charge in [0.25, 0.3) is 0 Å². The van der Waals surface area contributed by atoms with Gasteiger partial charge in [-0.2, -0.15) is 5.10 Å². The van der Waals surface area contributed by atoms with Gasteiger partial charge in [0.15, 0.2) is 0 Å². The summed E-state index contributed by atoms with van der Waals surface area (Å²) in [5.74, 6) is 1.16. The Morgan fingerprint density at radius 1 is 1.40 bits per heavy atom. The van der Waals surface area contributed by atoms with E-state index in [1.165, 1.54) is 0 Å². The molecule has 2 heterocycles. The monoisotopic (exact) mass is 371 g/mol. The van der Waals surface area contributed by atoms with E-state index in [2.05, 4.69) is 35.9 Å². The lowest BCUT2D eigenvalue weighted by molar-refractivity contribution is 0.222. The smallest absolute Gasteiger partial charge is 0.323 e. The summed E-state index contributed by atoms with van der Waals surface area (Å²) >= 11 is 0. The highest BCUT2D eigenvalue weighted by molar-refractivity contribution is 7.90. The molecule has 25 heavy (non-hydrogen) atoms. The first-order valence-corrected chi connectivity index (χ1v) is 10.4. The Hall–Kier alpha value is -1.61. The Labute approximate surface area is 150 Å². The largest absolute Gasteiger partial charge is 0.323 e. The summed E-state index contributed by atoms with van der Waals surface area (Å²) in [7, 11) is -3.36. The molecule has 0 bridgehead atoms. The van der Waals surface area contributed by atoms with E-state index in [4.69, 9.17) is 0 Å². The quantitative estimate of drug-likeness (QED) is 0.766. The summed E-state index contributed by atoms with van der Waals surface area (Å²) in [5, 5.41) is 6.61. The molecule has 2 rings (SSSR count). The molecule has 1 fully saturated rings. The molecular weight excluding hydrogens is 342 g/mol. The van der Waals surface area contributed by atoms with E-state index in [0.29, 0.717) is 31.2 Å². The van der Waals surface area contributed by atoms with E-state index in [1.807, 2.05) is 0 Å². The van der Waals surface area contributed by atoms with E-state index in [1.54, 1.807) is 28.8 Å². The van der Waals surface area contributed by atoms with Crippen LogP contribution in [0.15, 0.2) is 12.3 Å². The predicted octanol–water partition coefficient (Wildman–Crippen LogP) is 2.04. The fourth-order valence-electron chi connectivity index (χ4n) is 3.22. The molecule has 0 aromatic carbocycles. The molecule has 0 radical (unpaired) electrons. The Kier molecular flexibility index (Phi) is 6.45. The van der Waals surface area contributed by atoms with Gasteiger partial charge in [-0.3, -0.25) is 5.32 Å². The fourth-order valence-corrected chi connectivity index (χ4v) is 4.65. The van der Waals surface area contributed by atoms with Gasteiger partial charge in [0.2, 0.25) is 10.0 Å². The summed E-state index contributed by atoms with van der Waals surface area (Å²) in [5.41, 5.74) is 0. The third kappa shape index (κ3) is 4.94. The topological polar surface area (TPSA) is 96.3 Å². The van der Waals surface area contributed by atoms with Gasteiger partial charge < -0.3 is 4.90 Å². The van der Waals surface area contributed by atoms with E-state index < -0.39 is 15.3 Å². The molecule has 1 saturated heterocycles. The zero-order chi connectivity index (χ0) is 18.6. The highest BCUT2D eigenvalue weighted by Gasteiger charge is 2.35. The van der Waals surface area contributed by atoms with Crippen molar-refractivity contribution in [3.63, 3.8) is 0 Å². The van der Waals surface area contributed by atoms with Crippen LogP contribution < -0.4 is 10.0 Å². The van der Waals surface area contributed by atoms with Crippen LogP contribution in [0.1, 0.15) is 46.6 Å². The molecule has 1 aromatic rings. The molecule has 2 N–H and O–H groups in total. The van der Waals surface area contributed by atoms with Crippen molar-refractivity contribution >= 4 is 21.9 Å². The first-order chi connectivity index (χ1) is 11.7. The number of amides is 2. The highest BCUT2D eigenvalue weighted by atomic mass is 32.2. The molecule has 2 amide bonds. The molecule has 1 aliphatic rings. The maximum atomic E-state index is 12.5. The van der Waals surface area contributed by atoms with Crippen LogP contribution in [0.5, 0.6) is 0 Å². The summed E-state index contributed by atoms with van der Waals surface area (Å²) < 4.78 is 28.5. The minimum atomic E-state index is -3.36. The number of nitrogens with one attached hydrogen (secondary N) is 2. The summed E-state index contributed by atoms with van der Waals surface area (Å²) in [6, 6.07) is 1.65. The SMILES string of the molecule is CCNS(=O)(=O)C1CCN(C(=O)Nc2ccnn2C(C)CC(C)C)C1. The minimum Gasteiger partial charge on any atom is -0.323 e. The molecule has 2 unspecified atom stereocenters. The van der Waals surface area contributed by atoms with E-state index >= 15 is 0 Å². The maximum absolute atomic E-state index is 12.5. The van der Waals surface area contributed by atoms with Crippen molar-refractivity contribution in [3.05, 3.63) is 12.3 Å². The average Bonchev–Trinajstić information content (AvgIpc) is 3.15. The van der Waals surface area contributed by atoms with Crippen LogP contribution in [-0.4, -0.2) is 54.0 Å². The molecule has 1 aliphatic heterocycles. The number of sulfonamides is 1. The molecule has 0 saturated carbocycles. The number of aromatic nitrogens is 2. The van der Waals surface area contributed by atoms with Crippen molar-refractivity contribution in [3.8, 4) is 0 Å². The van der Waals surface area contributed by atoms with Crippen LogP contribution >= 0.6 is 0 Å². The molecule has 9 heteroatoms. The second-order valence-electron chi connectivity index (χ2n) is 6.97. The lowest BCUT2D eigenvalue weighted by Crippen LogP contribution is -2.39. The van der Waals surface area contributed by atoms with Gasteiger partial charge >= 0.3 is 6.03 Å². The standard InChI is InChI=1S/C16H29N5O3S/c1-5-18-25(23,24)14-7-9-20(11-14)16(22)19-15-6-8-17-21(15)13(4)10-12(2)3/h6,8,12-14,18H,5,7,9-11H2,1-4H3,(H,19,22). The summed E-state index contributed by atoms with van der Waals surface area (Å²) in [4.78, 5) is 14.0. The third-order valence-corrected chi connectivity index (χ3v) is 6.31. The number of hydrogen-bond acceptors (Lipinski definition) is 4. The van der Waals surface area contributed by atoms with Crippen molar-refractivity contribution in [1.29, 1.82) is 0 Å². The van der Waals surface area contributed by atoms with Gasteiger partial charge in [0.1, 0.15) is 5.82 Å². The number of urea groups is 1. The first kappa shape index (κ1) is 19.7. The second-order valence-corrected chi connectivity index (χ2v) is 9.01. The van der Waals surface area contributed by atoms with E-state index in [9.17, 15) is 13.2 Å². The van der Waals surface area contributed by atoms with Gasteiger partial charge in [-0.1, -0.05) is 20.8 Å². The zero-order valence-corrected chi connectivity index (χ0v) is 16.2. The molecular formula is C16H29N5O3S. The number of carbonyl (C=O) groups is 1. The minimum absolute atomic E-state index is 0.172. The highest BCUT2D eigenvalue weighted by Crippen LogP contribution is 2.22. The number of carbonyl (C=O) groups excluding carboxylic acids is 1. The van der Waals surface area contributed by atoms with Gasteiger partial charge in [0, 0.05) is 25.7 Å². The van der Waals surface area contributed by atoms with Crippen LogP contribution in [0.4, 0.5) is 10.6 Å². The normalized spacial score (nSPS) is 19.4. The van der Waals surface area contributed by atoms with Gasteiger partial charge in [-0.15, -0.1) is 0 Å². The lowest BCUT2D eigenvalue weighted by Gasteiger charge is -2.21. The number of rotatable bonds is 7. The Morgan fingerprint density at radius 2 is 2.12 bits per heavy atom. The lowest BCUT2D eigenvalue weighted by atomic mass is 10.1. The van der Waals surface area contributed by atoms with Crippen molar-refractivity contribution in [2.75, 3.05) is 25.0 Å². The fraction of sp³-hybridized carbons (Fsp3) is 0.750. The molecule has 0 spiro atoms. The van der Waals surface area contributed by atoms with Crippen LogP contribution in [0, 0.1) is 5.92 Å². The zero-order valence-electron chi connectivity index (χ0n) is 15.4. The Bertz CT molecular complexity index is 686. The molecule has 1 aromatic heterocycles. The van der Waals surface area contributed by atoms with Crippen molar-refractivity contribution in [1.82, 2.24) is 19.4 Å². The maximum Gasteiger partial charge on any atom is 0.323 e. The molecule has 2 atom stereocenters. The van der Waals surface area contributed by atoms with Crippen molar-refractivity contribution in [2.45, 2.75) is 51.8 Å². The Morgan fingerprint density at radius 3 is 2.76 bits per heavy atom. The van der Waals surface area contributed by atoms with Crippen LogP contribution in [-0.2, 0) is 10.0 Å². The third-order valence-electron chi connectivity index (χ3n) is 4.35. The van der Waals surface area contributed by atoms with Crippen LogP contribution in [0.2, 0.25) is 0 Å². The first-order valence-electron chi connectivity index (χ1n) is 8.82. The number of hydrogen-bond donors (Lipinski definition) is 2. The Balaban J connectivity index is 1.99. The van der Waals surface area contributed by atoms with Gasteiger partial charge in [0.05, 0.1) is 17.5 Å². The van der Waals surface area contributed by atoms with Gasteiger partial charge in [-0.25, -0.2) is 22.6 Å². The summed E-state index contributed by atoms with van der Waals surface area (Å²) in [6.07, 6.45) is 3.07. The molecule has 142 valence electrons. The number of anilines is 1. The molecule has 0 aliphatic carbocycles. The number of likely N-dealkylation sites (tertiary alicyclic amines) is 1.